The number of hydrazine groups is 1. The Balaban J connectivity index is 1.48. The summed E-state index contributed by atoms with van der Waals surface area (Å²) in [4.78, 5) is 41.0. The van der Waals surface area contributed by atoms with E-state index in [1.165, 1.54) is 48.3 Å². The van der Waals surface area contributed by atoms with Crippen LogP contribution in [0.2, 0.25) is 0 Å². The number of benzene rings is 2. The quantitative estimate of drug-likeness (QED) is 0.118. The molecule has 0 saturated carbocycles. The minimum Gasteiger partial charge on any atom is -0.494 e. The van der Waals surface area contributed by atoms with E-state index in [1.54, 1.807) is 6.92 Å². The molecule has 0 bridgehead atoms. The highest BCUT2D eigenvalue weighted by Crippen LogP contribution is 2.40. The lowest BCUT2D eigenvalue weighted by Gasteiger charge is -2.26. The molecule has 4 aromatic rings. The maximum absolute atomic E-state index is 14.5. The first-order valence-corrected chi connectivity index (χ1v) is 15.0. The number of hydrogen-bond donors (Lipinski definition) is 3. The number of aromatic nitrogens is 3. The lowest BCUT2D eigenvalue weighted by Crippen LogP contribution is -2.38. The maximum atomic E-state index is 14.5. The molecule has 0 saturated heterocycles. The van der Waals surface area contributed by atoms with E-state index >= 15 is 0 Å². The fourth-order valence-electron chi connectivity index (χ4n) is 4.84. The van der Waals surface area contributed by atoms with Crippen LogP contribution < -0.4 is 20.5 Å². The molecule has 264 valence electrons. The molecule has 1 amide bonds. The molecule has 50 heavy (non-hydrogen) atoms. The van der Waals surface area contributed by atoms with Crippen molar-refractivity contribution in [2.24, 2.45) is 0 Å². The van der Waals surface area contributed by atoms with E-state index in [4.69, 9.17) is 19.1 Å². The second-order valence-corrected chi connectivity index (χ2v) is 10.9. The van der Waals surface area contributed by atoms with Crippen molar-refractivity contribution in [1.82, 2.24) is 20.0 Å². The van der Waals surface area contributed by atoms with Gasteiger partial charge in [-0.25, -0.2) is 18.6 Å². The Morgan fingerprint density at radius 3 is 2.62 bits per heavy atom. The van der Waals surface area contributed by atoms with Gasteiger partial charge < -0.3 is 29.0 Å². The van der Waals surface area contributed by atoms with Crippen molar-refractivity contribution in [3.05, 3.63) is 83.6 Å². The Hall–Kier alpha value is -5.94. The number of halogens is 5. The number of imidazole rings is 1. The zero-order chi connectivity index (χ0) is 36.2. The third-order valence-electron chi connectivity index (χ3n) is 7.30. The zero-order valence-electron chi connectivity index (χ0n) is 26.3. The van der Waals surface area contributed by atoms with E-state index in [0.29, 0.717) is 6.42 Å². The third kappa shape index (κ3) is 7.68. The number of ether oxygens (including phenoxy) is 2. The van der Waals surface area contributed by atoms with Gasteiger partial charge >= 0.3 is 18.1 Å². The SMILES string of the molecule is CCCOc1ccc(-c2cc(C(C(=O)OCCC(=O)N[C@@H](C)C(=O)O)n3cnc4c3C=CN(c3cccc(F)c3F)N4)on2)c(C(F)(F)F)c1. The summed E-state index contributed by atoms with van der Waals surface area (Å²) in [7, 11) is 0. The second kappa shape index (κ2) is 14.7. The van der Waals surface area contributed by atoms with Crippen LogP contribution in [0.1, 0.15) is 49.7 Å². The average molecular weight is 705 g/mol. The van der Waals surface area contributed by atoms with Crippen LogP contribution in [0.15, 0.2) is 59.5 Å². The van der Waals surface area contributed by atoms with Crippen molar-refractivity contribution in [1.29, 1.82) is 0 Å². The molecule has 5 rings (SSSR count). The van der Waals surface area contributed by atoms with Crippen molar-refractivity contribution in [2.45, 2.75) is 44.9 Å². The van der Waals surface area contributed by atoms with Crippen LogP contribution >= 0.6 is 0 Å². The van der Waals surface area contributed by atoms with Gasteiger partial charge in [0, 0.05) is 17.8 Å². The standard InChI is InChI=1S/C32H29F5N6O7/c1-3-12-48-18-7-8-19(20(14-18)32(35,36)37)22-15-25(50-41-22)28(31(47)49-13-10-26(44)39-17(2)30(45)46)42-16-38-29-24(42)9-11-43(40-29)23-6-4-5-21(33)27(23)34/h4-9,11,14-17,28,40H,3,10,12-13H2,1-2H3,(H,39,44)(H,45,46)/t17-,28?/m0/s1. The summed E-state index contributed by atoms with van der Waals surface area (Å²) in [6.45, 7) is 2.73. The summed E-state index contributed by atoms with van der Waals surface area (Å²) in [6, 6.07) is 5.21. The predicted molar refractivity (Wildman–Crippen MR) is 165 cm³/mol. The molecular formula is C32H29F5N6O7. The molecule has 0 spiro atoms. The fraction of sp³-hybridized carbons (Fsp3) is 0.281. The van der Waals surface area contributed by atoms with Crippen molar-refractivity contribution in [2.75, 3.05) is 23.6 Å². The molecule has 2 atom stereocenters. The molecule has 0 aliphatic carbocycles. The Morgan fingerprint density at radius 2 is 1.90 bits per heavy atom. The van der Waals surface area contributed by atoms with Gasteiger partial charge in [-0.15, -0.1) is 0 Å². The first-order chi connectivity index (χ1) is 23.8. The Kier molecular flexibility index (Phi) is 10.4. The van der Waals surface area contributed by atoms with Gasteiger partial charge in [-0.3, -0.25) is 20.0 Å². The Bertz CT molecular complexity index is 1920. The van der Waals surface area contributed by atoms with Gasteiger partial charge in [0.25, 0.3) is 0 Å². The molecule has 2 aromatic carbocycles. The molecule has 13 nitrogen and oxygen atoms in total. The van der Waals surface area contributed by atoms with Gasteiger partial charge in [0.1, 0.15) is 29.8 Å². The van der Waals surface area contributed by atoms with Crippen molar-refractivity contribution in [3.63, 3.8) is 0 Å². The molecule has 3 heterocycles. The van der Waals surface area contributed by atoms with E-state index in [-0.39, 0.29) is 46.6 Å². The van der Waals surface area contributed by atoms with Crippen LogP contribution in [0.3, 0.4) is 0 Å². The molecule has 0 fully saturated rings. The van der Waals surface area contributed by atoms with E-state index < -0.39 is 66.3 Å². The highest BCUT2D eigenvalue weighted by molar-refractivity contribution is 5.84. The van der Waals surface area contributed by atoms with Gasteiger partial charge in [0.15, 0.2) is 29.3 Å². The fourth-order valence-corrected chi connectivity index (χ4v) is 4.84. The summed E-state index contributed by atoms with van der Waals surface area (Å²) in [6.07, 6.45) is -0.775. The van der Waals surface area contributed by atoms with Crippen LogP contribution in [-0.2, 0) is 25.3 Å². The smallest absolute Gasteiger partial charge is 0.417 e. The van der Waals surface area contributed by atoms with Gasteiger partial charge in [-0.05, 0) is 49.8 Å². The Morgan fingerprint density at radius 1 is 1.12 bits per heavy atom. The summed E-state index contributed by atoms with van der Waals surface area (Å²) in [5.41, 5.74) is 1.09. The van der Waals surface area contributed by atoms with Crippen molar-refractivity contribution >= 4 is 35.4 Å². The number of nitrogens with zero attached hydrogens (tertiary/aromatic N) is 4. The number of anilines is 2. The molecule has 3 N–H and O–H groups in total. The lowest BCUT2D eigenvalue weighted by atomic mass is 10.0. The third-order valence-corrected chi connectivity index (χ3v) is 7.30. The number of amides is 1. The highest BCUT2D eigenvalue weighted by atomic mass is 19.4. The highest BCUT2D eigenvalue weighted by Gasteiger charge is 2.37. The number of carboxylic acid groups (broad SMARTS) is 1. The summed E-state index contributed by atoms with van der Waals surface area (Å²) in [5.74, 6) is -5.51. The van der Waals surface area contributed by atoms with Crippen molar-refractivity contribution < 1.29 is 55.4 Å². The van der Waals surface area contributed by atoms with Crippen LogP contribution in [0, 0.1) is 11.6 Å². The van der Waals surface area contributed by atoms with Crippen LogP contribution in [0.5, 0.6) is 5.75 Å². The zero-order valence-corrected chi connectivity index (χ0v) is 26.3. The Labute approximate surface area is 280 Å². The van der Waals surface area contributed by atoms with Gasteiger partial charge in [-0.1, -0.05) is 18.1 Å². The number of nitrogens with one attached hydrogen (secondary N) is 2. The topological polar surface area (TPSA) is 161 Å². The maximum Gasteiger partial charge on any atom is 0.417 e. The largest absolute Gasteiger partial charge is 0.494 e. The first-order valence-electron chi connectivity index (χ1n) is 15.0. The number of alkyl halides is 3. The summed E-state index contributed by atoms with van der Waals surface area (Å²) >= 11 is 0. The number of rotatable bonds is 13. The van der Waals surface area contributed by atoms with E-state index in [1.807, 2.05) is 0 Å². The second-order valence-electron chi connectivity index (χ2n) is 10.9. The van der Waals surface area contributed by atoms with Crippen LogP contribution in [0.4, 0.5) is 33.5 Å². The van der Waals surface area contributed by atoms with Gasteiger partial charge in [0.2, 0.25) is 5.91 Å². The number of carbonyl (C=O) groups is 3. The molecular weight excluding hydrogens is 675 g/mol. The van der Waals surface area contributed by atoms with Gasteiger partial charge in [-0.2, -0.15) is 13.2 Å². The first kappa shape index (κ1) is 35.4. The van der Waals surface area contributed by atoms with E-state index in [0.717, 1.165) is 29.3 Å². The lowest BCUT2D eigenvalue weighted by molar-refractivity contribution is -0.148. The van der Waals surface area contributed by atoms with Crippen LogP contribution in [0.25, 0.3) is 17.3 Å². The molecule has 1 unspecified atom stereocenters. The van der Waals surface area contributed by atoms with Crippen LogP contribution in [-0.4, -0.2) is 56.9 Å². The minimum atomic E-state index is -4.82. The normalized spacial score (nSPS) is 13.6. The van der Waals surface area contributed by atoms with Gasteiger partial charge in [0.05, 0.1) is 30.6 Å². The number of fused-ring (bicyclic) bond motifs is 1. The molecule has 1 aliphatic rings. The van der Waals surface area contributed by atoms with E-state index in [2.05, 4.69) is 20.9 Å². The average Bonchev–Trinajstić information content (AvgIpc) is 3.72. The summed E-state index contributed by atoms with van der Waals surface area (Å²) < 4.78 is 88.2. The molecule has 1 aliphatic heterocycles. The minimum absolute atomic E-state index is 0.00798. The van der Waals surface area contributed by atoms with E-state index in [9.17, 15) is 36.3 Å². The molecule has 18 heteroatoms. The number of esters is 1. The number of hydrogen-bond acceptors (Lipinski definition) is 10. The number of carboxylic acids is 1. The summed E-state index contributed by atoms with van der Waals surface area (Å²) in [5, 5.41) is 16.2. The predicted octanol–water partition coefficient (Wildman–Crippen LogP) is 5.55. The monoisotopic (exact) mass is 704 g/mol. The molecule has 2 aromatic heterocycles. The number of aliphatic carboxylic acids is 1. The number of carbonyl (C=O) groups excluding carboxylic acids is 2. The molecule has 0 radical (unpaired) electrons. The van der Waals surface area contributed by atoms with Crippen molar-refractivity contribution in [3.8, 4) is 17.0 Å².